The number of nitrogens with zero attached hydrogens (tertiary/aromatic N) is 4. The van der Waals surface area contributed by atoms with Crippen LogP contribution in [0.2, 0.25) is 10.2 Å². The lowest BCUT2D eigenvalue weighted by molar-refractivity contribution is 0.216. The van der Waals surface area contributed by atoms with Gasteiger partial charge in [-0.1, -0.05) is 23.2 Å². The molecule has 0 spiro atoms. The first-order valence-electron chi connectivity index (χ1n) is 9.66. The lowest BCUT2D eigenvalue weighted by Gasteiger charge is -2.37. The molecule has 2 fully saturated rings. The van der Waals surface area contributed by atoms with Crippen molar-refractivity contribution in [3.63, 3.8) is 0 Å². The highest BCUT2D eigenvalue weighted by molar-refractivity contribution is 6.42. The zero-order chi connectivity index (χ0) is 18.5. The third-order valence-corrected chi connectivity index (χ3v) is 6.31. The van der Waals surface area contributed by atoms with E-state index in [2.05, 4.69) is 25.1 Å². The van der Waals surface area contributed by atoms with Crippen molar-refractivity contribution in [3.8, 4) is 0 Å². The number of nitrogens with one attached hydrogen (secondary N) is 1. The molecule has 3 N–H and O–H groups in total. The van der Waals surface area contributed by atoms with Crippen LogP contribution in [0.25, 0.3) is 0 Å². The van der Waals surface area contributed by atoms with Gasteiger partial charge in [0.25, 0.3) is 0 Å². The summed E-state index contributed by atoms with van der Waals surface area (Å²) < 4.78 is 0. The van der Waals surface area contributed by atoms with E-state index >= 15 is 0 Å². The van der Waals surface area contributed by atoms with Crippen LogP contribution in [-0.2, 0) is 6.54 Å². The summed E-state index contributed by atoms with van der Waals surface area (Å²) in [5.74, 6) is 2.29. The van der Waals surface area contributed by atoms with E-state index in [4.69, 9.17) is 28.9 Å². The molecule has 0 radical (unpaired) electrons. The maximum absolute atomic E-state index is 6.37. The van der Waals surface area contributed by atoms with Crippen LogP contribution in [0.15, 0.2) is 0 Å². The van der Waals surface area contributed by atoms with E-state index in [-0.39, 0.29) is 37.2 Å². The van der Waals surface area contributed by atoms with Gasteiger partial charge in [-0.2, -0.15) is 0 Å². The third-order valence-electron chi connectivity index (χ3n) is 5.59. The summed E-state index contributed by atoms with van der Waals surface area (Å²) in [5, 5.41) is 3.85. The average molecular weight is 511 g/mol. The summed E-state index contributed by atoms with van der Waals surface area (Å²) in [6, 6.07) is 0.437. The summed E-state index contributed by atoms with van der Waals surface area (Å²) in [4.78, 5) is 13.6. The molecule has 1 aliphatic heterocycles. The first kappa shape index (κ1) is 29.2. The fraction of sp³-hybridized carbons (Fsp3) is 0.778. The molecule has 0 amide bonds. The summed E-state index contributed by atoms with van der Waals surface area (Å²) in [6.07, 6.45) is 6.27. The van der Waals surface area contributed by atoms with Gasteiger partial charge in [0.05, 0.1) is 6.54 Å². The predicted octanol–water partition coefficient (Wildman–Crippen LogP) is 3.80. The van der Waals surface area contributed by atoms with E-state index in [1.807, 2.05) is 7.05 Å². The van der Waals surface area contributed by atoms with Crippen molar-refractivity contribution < 1.29 is 0 Å². The maximum atomic E-state index is 6.37. The van der Waals surface area contributed by atoms with Gasteiger partial charge in [0, 0.05) is 32.2 Å². The van der Waals surface area contributed by atoms with Gasteiger partial charge in [-0.15, -0.1) is 37.2 Å². The Morgan fingerprint density at radius 1 is 1.00 bits per heavy atom. The molecule has 3 rings (SSSR count). The zero-order valence-corrected chi connectivity index (χ0v) is 20.7. The number of rotatable bonds is 6. The van der Waals surface area contributed by atoms with Crippen LogP contribution >= 0.6 is 60.4 Å². The topological polar surface area (TPSA) is 70.3 Å². The quantitative estimate of drug-likeness (QED) is 0.568. The van der Waals surface area contributed by atoms with Crippen LogP contribution in [0.5, 0.6) is 0 Å². The zero-order valence-electron chi connectivity index (χ0n) is 16.8. The standard InChI is InChI=1S/C18H30Cl2N6.3ClH/c1-22-12-15-23-17(20)16(19)18(24-15)26-10-8-25(9-11-26)7-6-13-2-4-14(21)5-3-13;;;/h13-14,22H,2-12,21H2,1H3;3*1H/t13-,14-;;;. The van der Waals surface area contributed by atoms with Crippen LogP contribution in [0.4, 0.5) is 5.82 Å². The summed E-state index contributed by atoms with van der Waals surface area (Å²) in [6.45, 7) is 5.66. The third kappa shape index (κ3) is 8.34. The largest absolute Gasteiger partial charge is 0.353 e. The molecule has 2 aliphatic rings. The molecule has 29 heavy (non-hydrogen) atoms. The molecule has 1 saturated heterocycles. The normalized spacial score (nSPS) is 22.3. The van der Waals surface area contributed by atoms with Crippen molar-refractivity contribution in [1.82, 2.24) is 20.2 Å². The number of halogens is 5. The second-order valence-electron chi connectivity index (χ2n) is 7.50. The maximum Gasteiger partial charge on any atom is 0.153 e. The highest BCUT2D eigenvalue weighted by Crippen LogP contribution is 2.31. The fourth-order valence-corrected chi connectivity index (χ4v) is 4.31. The lowest BCUT2D eigenvalue weighted by atomic mass is 9.84. The van der Waals surface area contributed by atoms with Gasteiger partial charge in [0.2, 0.25) is 0 Å². The first-order chi connectivity index (χ1) is 12.6. The minimum atomic E-state index is 0. The Kier molecular flexibility index (Phi) is 14.4. The van der Waals surface area contributed by atoms with E-state index in [1.54, 1.807) is 0 Å². The van der Waals surface area contributed by atoms with E-state index in [1.165, 1.54) is 38.6 Å². The van der Waals surface area contributed by atoms with Crippen molar-refractivity contribution in [2.24, 2.45) is 11.7 Å². The molecule has 1 aromatic heterocycles. The lowest BCUT2D eigenvalue weighted by Crippen LogP contribution is -2.47. The smallest absolute Gasteiger partial charge is 0.153 e. The van der Waals surface area contributed by atoms with E-state index < -0.39 is 0 Å². The average Bonchev–Trinajstić information content (AvgIpc) is 2.65. The molecule has 1 aromatic rings. The molecule has 0 bridgehead atoms. The van der Waals surface area contributed by atoms with Crippen LogP contribution in [-0.4, -0.2) is 60.7 Å². The van der Waals surface area contributed by atoms with Gasteiger partial charge in [0.1, 0.15) is 10.8 Å². The molecular formula is C18H33Cl5N6. The minimum Gasteiger partial charge on any atom is -0.353 e. The van der Waals surface area contributed by atoms with Crippen LogP contribution in [0.1, 0.15) is 37.9 Å². The highest BCUT2D eigenvalue weighted by atomic mass is 35.5. The molecule has 1 aliphatic carbocycles. The van der Waals surface area contributed by atoms with Crippen molar-refractivity contribution in [1.29, 1.82) is 0 Å². The van der Waals surface area contributed by atoms with Crippen molar-refractivity contribution in [2.75, 3.05) is 44.7 Å². The second kappa shape index (κ2) is 14.3. The summed E-state index contributed by atoms with van der Waals surface area (Å²) in [5.41, 5.74) is 6.01. The predicted molar refractivity (Wildman–Crippen MR) is 130 cm³/mol. The van der Waals surface area contributed by atoms with Crippen LogP contribution in [0, 0.1) is 5.92 Å². The monoisotopic (exact) mass is 508 g/mol. The Bertz CT molecular complexity index is 592. The Labute approximate surface area is 202 Å². The fourth-order valence-electron chi connectivity index (χ4n) is 3.92. The Morgan fingerprint density at radius 3 is 2.21 bits per heavy atom. The molecule has 2 heterocycles. The van der Waals surface area contributed by atoms with E-state index in [9.17, 15) is 0 Å². The van der Waals surface area contributed by atoms with Crippen molar-refractivity contribution in [2.45, 2.75) is 44.7 Å². The molecular weight excluding hydrogens is 478 g/mol. The molecule has 11 heteroatoms. The number of hydrogen-bond acceptors (Lipinski definition) is 6. The molecule has 0 unspecified atom stereocenters. The van der Waals surface area contributed by atoms with Gasteiger partial charge >= 0.3 is 0 Å². The Balaban J connectivity index is 0.00000261. The number of anilines is 1. The summed E-state index contributed by atoms with van der Waals surface area (Å²) in [7, 11) is 1.87. The molecule has 170 valence electrons. The summed E-state index contributed by atoms with van der Waals surface area (Å²) >= 11 is 12.6. The Morgan fingerprint density at radius 2 is 1.62 bits per heavy atom. The number of hydrogen-bond donors (Lipinski definition) is 2. The van der Waals surface area contributed by atoms with Crippen molar-refractivity contribution in [3.05, 3.63) is 16.0 Å². The minimum absolute atomic E-state index is 0. The van der Waals surface area contributed by atoms with Crippen molar-refractivity contribution >= 4 is 66.2 Å². The number of aromatic nitrogens is 2. The van der Waals surface area contributed by atoms with E-state index in [0.29, 0.717) is 28.6 Å². The van der Waals surface area contributed by atoms with Gasteiger partial charge in [-0.05, 0) is 51.6 Å². The molecule has 6 nitrogen and oxygen atoms in total. The highest BCUT2D eigenvalue weighted by Gasteiger charge is 2.24. The van der Waals surface area contributed by atoms with E-state index in [0.717, 1.165) is 37.9 Å². The van der Waals surface area contributed by atoms with Gasteiger partial charge in [0.15, 0.2) is 11.0 Å². The Hall–Kier alpha value is 0.210. The van der Waals surface area contributed by atoms with Gasteiger partial charge in [-0.3, -0.25) is 4.90 Å². The van der Waals surface area contributed by atoms with Gasteiger partial charge < -0.3 is 16.0 Å². The van der Waals surface area contributed by atoms with Crippen LogP contribution in [0.3, 0.4) is 0 Å². The molecule has 1 saturated carbocycles. The van der Waals surface area contributed by atoms with Crippen LogP contribution < -0.4 is 16.0 Å². The number of nitrogens with two attached hydrogens (primary N) is 1. The molecule has 0 atom stereocenters. The first-order valence-corrected chi connectivity index (χ1v) is 10.4. The second-order valence-corrected chi connectivity index (χ2v) is 8.23. The SMILES string of the molecule is CNCc1nc(Cl)c(Cl)c(N2CCN(CC[C@H]3CC[C@H](N)CC3)CC2)n1.Cl.Cl.Cl. The number of piperazine rings is 1. The molecule has 0 aromatic carbocycles. The van der Waals surface area contributed by atoms with Gasteiger partial charge in [-0.25, -0.2) is 9.97 Å².